The molecule has 2 aromatic carbocycles. The minimum absolute atomic E-state index is 0.00138. The molecule has 0 spiro atoms. The monoisotopic (exact) mass is 551 g/mol. The fraction of sp³-hybridized carbons (Fsp3) is 0.160. The molecule has 3 aromatic heterocycles. The van der Waals surface area contributed by atoms with Crippen molar-refractivity contribution in [2.24, 2.45) is 7.05 Å². The van der Waals surface area contributed by atoms with Crippen LogP contribution in [0.1, 0.15) is 18.0 Å². The average Bonchev–Trinajstić information content (AvgIpc) is 3.43. The molecule has 0 unspecified atom stereocenters. The standard InChI is InChI=1S/C25H22IN5O2/c1-30-15-19(14-27-30)25-21-12-16(5-6-22(21)28-29-25)17-7-9-31(24(33)13-17)23(8-10-32)18-3-2-4-20(26)11-18/h2-7,9,11-15,23,32H,8,10H2,1H3,(H,28,29)/t23-/m1/s1. The number of nitrogens with zero attached hydrogens (tertiary/aromatic N) is 4. The molecule has 1 atom stereocenters. The van der Waals surface area contributed by atoms with Gasteiger partial charge in [-0.1, -0.05) is 18.2 Å². The highest BCUT2D eigenvalue weighted by Crippen LogP contribution is 2.30. The molecule has 2 N–H and O–H groups in total. The molecule has 0 aliphatic heterocycles. The number of pyridine rings is 1. The minimum atomic E-state index is -0.222. The molecule has 0 aliphatic carbocycles. The zero-order valence-corrected chi connectivity index (χ0v) is 20.1. The van der Waals surface area contributed by atoms with Crippen molar-refractivity contribution in [2.45, 2.75) is 12.5 Å². The second-order valence-electron chi connectivity index (χ2n) is 7.98. The lowest BCUT2D eigenvalue weighted by Gasteiger charge is -2.20. The summed E-state index contributed by atoms with van der Waals surface area (Å²) in [6.07, 6.45) is 6.00. The van der Waals surface area contributed by atoms with Crippen molar-refractivity contribution in [3.63, 3.8) is 0 Å². The summed E-state index contributed by atoms with van der Waals surface area (Å²) in [5, 5.41) is 22.4. The maximum absolute atomic E-state index is 13.1. The van der Waals surface area contributed by atoms with Gasteiger partial charge in [-0.05, 0) is 76.0 Å². The fourth-order valence-corrected chi connectivity index (χ4v) is 4.75. The summed E-state index contributed by atoms with van der Waals surface area (Å²) in [6, 6.07) is 17.4. The van der Waals surface area contributed by atoms with Crippen molar-refractivity contribution in [2.75, 3.05) is 6.61 Å². The molecule has 0 saturated carbocycles. The number of aromatic nitrogens is 5. The van der Waals surface area contributed by atoms with Crippen molar-refractivity contribution in [3.8, 4) is 22.4 Å². The Morgan fingerprint density at radius 3 is 2.67 bits per heavy atom. The first-order valence-corrected chi connectivity index (χ1v) is 11.7. The molecule has 166 valence electrons. The van der Waals surface area contributed by atoms with Crippen molar-refractivity contribution in [3.05, 3.63) is 92.7 Å². The van der Waals surface area contributed by atoms with Crippen molar-refractivity contribution in [1.29, 1.82) is 0 Å². The number of aromatic amines is 1. The van der Waals surface area contributed by atoms with Gasteiger partial charge >= 0.3 is 0 Å². The van der Waals surface area contributed by atoms with Gasteiger partial charge < -0.3 is 9.67 Å². The first-order valence-electron chi connectivity index (χ1n) is 10.6. The second kappa shape index (κ2) is 8.95. The van der Waals surface area contributed by atoms with Gasteiger partial charge in [0, 0.05) is 46.6 Å². The normalized spacial score (nSPS) is 12.3. The molecule has 8 heteroatoms. The van der Waals surface area contributed by atoms with Crippen LogP contribution < -0.4 is 5.56 Å². The molecule has 0 fully saturated rings. The van der Waals surface area contributed by atoms with E-state index in [-0.39, 0.29) is 18.2 Å². The largest absolute Gasteiger partial charge is 0.396 e. The second-order valence-corrected chi connectivity index (χ2v) is 9.22. The molecule has 0 aliphatic rings. The number of hydrogen-bond donors (Lipinski definition) is 2. The smallest absolute Gasteiger partial charge is 0.251 e. The van der Waals surface area contributed by atoms with E-state index < -0.39 is 0 Å². The third-order valence-corrected chi connectivity index (χ3v) is 6.47. The van der Waals surface area contributed by atoms with E-state index in [1.165, 1.54) is 0 Å². The SMILES string of the molecule is Cn1cc(-c2n[nH]c3ccc(-c4ccn([C@H](CCO)c5cccc(I)c5)c(=O)c4)cc23)cn1. The van der Waals surface area contributed by atoms with Gasteiger partial charge in [0.15, 0.2) is 0 Å². The van der Waals surface area contributed by atoms with Gasteiger partial charge in [0.2, 0.25) is 0 Å². The molecule has 5 aromatic rings. The van der Waals surface area contributed by atoms with Crippen molar-refractivity contribution < 1.29 is 5.11 Å². The highest BCUT2D eigenvalue weighted by molar-refractivity contribution is 14.1. The van der Waals surface area contributed by atoms with Crippen LogP contribution in [0.25, 0.3) is 33.3 Å². The van der Waals surface area contributed by atoms with E-state index in [1.54, 1.807) is 21.5 Å². The third kappa shape index (κ3) is 4.23. The number of nitrogens with one attached hydrogen (secondary N) is 1. The Morgan fingerprint density at radius 1 is 1.09 bits per heavy atom. The summed E-state index contributed by atoms with van der Waals surface area (Å²) in [5.41, 5.74) is 5.35. The number of fused-ring (bicyclic) bond motifs is 1. The summed E-state index contributed by atoms with van der Waals surface area (Å²) in [6.45, 7) is -0.00138. The van der Waals surface area contributed by atoms with Crippen molar-refractivity contribution >= 4 is 33.5 Å². The minimum Gasteiger partial charge on any atom is -0.396 e. The average molecular weight is 551 g/mol. The van der Waals surface area contributed by atoms with E-state index >= 15 is 0 Å². The topological polar surface area (TPSA) is 88.7 Å². The molecule has 7 nitrogen and oxygen atoms in total. The molecule has 33 heavy (non-hydrogen) atoms. The van der Waals surface area contributed by atoms with Crippen LogP contribution in [0.4, 0.5) is 0 Å². The maximum Gasteiger partial charge on any atom is 0.251 e. The number of hydrogen-bond acceptors (Lipinski definition) is 4. The van der Waals surface area contributed by atoms with E-state index in [1.807, 2.05) is 68.0 Å². The predicted octanol–water partition coefficient (Wildman–Crippen LogP) is 4.37. The molecule has 0 radical (unpaired) electrons. The van der Waals surface area contributed by atoms with E-state index in [0.717, 1.165) is 42.4 Å². The van der Waals surface area contributed by atoms with Crippen LogP contribution in [0.15, 0.2) is 78.0 Å². The van der Waals surface area contributed by atoms with Gasteiger partial charge in [-0.3, -0.25) is 14.6 Å². The zero-order valence-electron chi connectivity index (χ0n) is 17.9. The van der Waals surface area contributed by atoms with E-state index in [2.05, 4.69) is 37.9 Å². The number of H-pyrrole nitrogens is 1. The molecule has 5 rings (SSSR count). The molecular weight excluding hydrogens is 529 g/mol. The number of benzene rings is 2. The van der Waals surface area contributed by atoms with E-state index in [9.17, 15) is 9.90 Å². The van der Waals surface area contributed by atoms with Gasteiger partial charge in [-0.25, -0.2) is 0 Å². The maximum atomic E-state index is 13.1. The summed E-state index contributed by atoms with van der Waals surface area (Å²) in [7, 11) is 1.87. The molecule has 0 amide bonds. The third-order valence-electron chi connectivity index (χ3n) is 5.79. The number of aliphatic hydroxyl groups excluding tert-OH is 1. The number of rotatable bonds is 6. The van der Waals surface area contributed by atoms with Gasteiger partial charge in [0.1, 0.15) is 5.69 Å². The predicted molar refractivity (Wildman–Crippen MR) is 137 cm³/mol. The molecule has 0 saturated heterocycles. The van der Waals surface area contributed by atoms with E-state index in [4.69, 9.17) is 0 Å². The summed E-state index contributed by atoms with van der Waals surface area (Å²) >= 11 is 2.26. The van der Waals surface area contributed by atoms with E-state index in [0.29, 0.717) is 6.42 Å². The highest BCUT2D eigenvalue weighted by atomic mass is 127. The van der Waals surface area contributed by atoms with Crippen LogP contribution in [0, 0.1) is 3.57 Å². The first kappa shape index (κ1) is 21.6. The molecule has 0 bridgehead atoms. The summed E-state index contributed by atoms with van der Waals surface area (Å²) < 4.78 is 4.54. The quantitative estimate of drug-likeness (QED) is 0.307. The highest BCUT2D eigenvalue weighted by Gasteiger charge is 2.16. The van der Waals surface area contributed by atoms with Gasteiger partial charge in [0.05, 0.1) is 17.8 Å². The lowest BCUT2D eigenvalue weighted by Crippen LogP contribution is -2.25. The lowest BCUT2D eigenvalue weighted by atomic mass is 10.0. The summed E-state index contributed by atoms with van der Waals surface area (Å²) in [4.78, 5) is 13.1. The number of halogens is 1. The van der Waals surface area contributed by atoms with Crippen LogP contribution in [0.2, 0.25) is 0 Å². The van der Waals surface area contributed by atoms with Gasteiger partial charge in [-0.15, -0.1) is 0 Å². The van der Waals surface area contributed by atoms with Crippen LogP contribution in [0.3, 0.4) is 0 Å². The Morgan fingerprint density at radius 2 is 1.94 bits per heavy atom. The van der Waals surface area contributed by atoms with Crippen LogP contribution in [0.5, 0.6) is 0 Å². The van der Waals surface area contributed by atoms with Crippen LogP contribution in [-0.2, 0) is 7.05 Å². The first-order chi connectivity index (χ1) is 16.0. The number of aliphatic hydroxyl groups is 1. The van der Waals surface area contributed by atoms with Gasteiger partial charge in [-0.2, -0.15) is 10.2 Å². The fourth-order valence-electron chi connectivity index (χ4n) is 4.19. The summed E-state index contributed by atoms with van der Waals surface area (Å²) in [5.74, 6) is 0. The Bertz CT molecular complexity index is 1500. The van der Waals surface area contributed by atoms with Crippen molar-refractivity contribution in [1.82, 2.24) is 24.5 Å². The Balaban J connectivity index is 1.54. The Kier molecular flexibility index (Phi) is 5.86. The van der Waals surface area contributed by atoms with Crippen LogP contribution in [-0.4, -0.2) is 36.3 Å². The zero-order chi connectivity index (χ0) is 22.9. The van der Waals surface area contributed by atoms with Crippen LogP contribution >= 0.6 is 22.6 Å². The molecule has 3 heterocycles. The lowest BCUT2D eigenvalue weighted by molar-refractivity contribution is 0.267. The van der Waals surface area contributed by atoms with Gasteiger partial charge in [0.25, 0.3) is 5.56 Å². The number of aryl methyl sites for hydroxylation is 1. The molecular formula is C25H22IN5O2. The Hall–Kier alpha value is -3.24. The Labute approximate surface area is 203 Å².